The van der Waals surface area contributed by atoms with Gasteiger partial charge >= 0.3 is 0 Å². The van der Waals surface area contributed by atoms with Crippen LogP contribution in [0, 0.1) is 5.92 Å². The van der Waals surface area contributed by atoms with E-state index in [-0.39, 0.29) is 5.56 Å². The normalized spacial score (nSPS) is 29.8. The quantitative estimate of drug-likeness (QED) is 0.458. The summed E-state index contributed by atoms with van der Waals surface area (Å²) < 4.78 is 5.24. The molecule has 1 aliphatic rings. The summed E-state index contributed by atoms with van der Waals surface area (Å²) in [6.45, 7) is 0. The lowest BCUT2D eigenvalue weighted by Crippen LogP contribution is -2.59. The molecular weight excluding hydrogens is 304 g/mol. The molecule has 1 aliphatic heterocycles. The zero-order valence-corrected chi connectivity index (χ0v) is 12.0. The third kappa shape index (κ3) is 2.30. The van der Waals surface area contributed by atoms with Gasteiger partial charge in [-0.25, -0.2) is 0 Å². The molecule has 122 valence electrons. The minimum atomic E-state index is -2.02. The number of benzene rings is 1. The second-order valence-corrected chi connectivity index (χ2v) is 5.22. The number of hydrogen-bond donors (Lipinski definition) is 4. The maximum absolute atomic E-state index is 12.3. The van der Waals surface area contributed by atoms with Gasteiger partial charge < -0.3 is 27.7 Å². The van der Waals surface area contributed by atoms with Gasteiger partial charge in [-0.3, -0.25) is 19.2 Å². The zero-order valence-electron chi connectivity index (χ0n) is 12.0. The lowest BCUT2D eigenvalue weighted by Gasteiger charge is -2.33. The largest absolute Gasteiger partial charge is 0.369 e. The van der Waals surface area contributed by atoms with Crippen LogP contribution in [0.3, 0.4) is 0 Å². The maximum atomic E-state index is 12.3. The third-order valence-corrected chi connectivity index (χ3v) is 3.99. The SMILES string of the molecule is NC(=O)C1OC(C(N)=O)C(C(N)=O)(c2ccccc2)C1C(N)=O. The summed E-state index contributed by atoms with van der Waals surface area (Å²) in [7, 11) is 0. The summed E-state index contributed by atoms with van der Waals surface area (Å²) in [6.07, 6.45) is -3.25. The Kier molecular flexibility index (Phi) is 4.06. The molecule has 0 radical (unpaired) electrons. The predicted molar refractivity (Wildman–Crippen MR) is 77.0 cm³/mol. The predicted octanol–water partition coefficient (Wildman–Crippen LogP) is -2.75. The molecule has 0 aliphatic carbocycles. The van der Waals surface area contributed by atoms with E-state index in [2.05, 4.69) is 0 Å². The fraction of sp³-hybridized carbons (Fsp3) is 0.286. The second kappa shape index (κ2) is 5.69. The van der Waals surface area contributed by atoms with E-state index in [1.165, 1.54) is 12.1 Å². The Labute approximate surface area is 130 Å². The van der Waals surface area contributed by atoms with E-state index in [4.69, 9.17) is 27.7 Å². The number of carbonyl (C=O) groups is 4. The molecule has 1 heterocycles. The lowest BCUT2D eigenvalue weighted by molar-refractivity contribution is -0.141. The van der Waals surface area contributed by atoms with Gasteiger partial charge in [-0.1, -0.05) is 30.3 Å². The monoisotopic (exact) mass is 320 g/mol. The molecule has 9 nitrogen and oxygen atoms in total. The van der Waals surface area contributed by atoms with Crippen molar-refractivity contribution in [3.63, 3.8) is 0 Å². The summed E-state index contributed by atoms with van der Waals surface area (Å²) in [5.74, 6) is -5.81. The second-order valence-electron chi connectivity index (χ2n) is 5.22. The molecule has 0 saturated carbocycles. The van der Waals surface area contributed by atoms with Crippen LogP contribution in [0.5, 0.6) is 0 Å². The Morgan fingerprint density at radius 3 is 1.83 bits per heavy atom. The van der Waals surface area contributed by atoms with E-state index >= 15 is 0 Å². The van der Waals surface area contributed by atoms with Crippen molar-refractivity contribution in [1.82, 2.24) is 0 Å². The van der Waals surface area contributed by atoms with Crippen molar-refractivity contribution >= 4 is 23.6 Å². The van der Waals surface area contributed by atoms with Gasteiger partial charge in [-0.05, 0) is 5.56 Å². The zero-order chi connectivity index (χ0) is 17.4. The minimum absolute atomic E-state index is 0.184. The van der Waals surface area contributed by atoms with Gasteiger partial charge in [-0.15, -0.1) is 0 Å². The molecule has 0 aromatic heterocycles. The smallest absolute Gasteiger partial charge is 0.248 e. The molecule has 4 atom stereocenters. The first-order valence-corrected chi connectivity index (χ1v) is 6.63. The van der Waals surface area contributed by atoms with Gasteiger partial charge in [0.2, 0.25) is 23.6 Å². The summed E-state index contributed by atoms with van der Waals surface area (Å²) in [5, 5.41) is 0. The Bertz CT molecular complexity index is 677. The Morgan fingerprint density at radius 1 is 0.870 bits per heavy atom. The Hall–Kier alpha value is -2.94. The van der Waals surface area contributed by atoms with Gasteiger partial charge in [0.15, 0.2) is 6.10 Å². The number of hydrogen-bond acceptors (Lipinski definition) is 5. The number of primary amides is 4. The summed E-state index contributed by atoms with van der Waals surface area (Å²) in [5.41, 5.74) is 19.5. The molecule has 1 aromatic rings. The van der Waals surface area contributed by atoms with Crippen molar-refractivity contribution in [1.29, 1.82) is 0 Å². The molecule has 4 amide bonds. The van der Waals surface area contributed by atoms with Crippen LogP contribution in [0.1, 0.15) is 5.56 Å². The minimum Gasteiger partial charge on any atom is -0.369 e. The first-order valence-electron chi connectivity index (χ1n) is 6.63. The van der Waals surface area contributed by atoms with Gasteiger partial charge in [0.1, 0.15) is 11.5 Å². The molecule has 2 rings (SSSR count). The van der Waals surface area contributed by atoms with Crippen molar-refractivity contribution in [3.8, 4) is 0 Å². The molecule has 1 fully saturated rings. The number of ether oxygens (including phenoxy) is 1. The first-order chi connectivity index (χ1) is 10.7. The van der Waals surface area contributed by atoms with Gasteiger partial charge in [-0.2, -0.15) is 0 Å². The molecule has 8 N–H and O–H groups in total. The standard InChI is InChI=1S/C14H16N4O5/c15-10(19)7-8(11(16)20)23-9(12(17)21)14(7,13(18)22)6-4-2-1-3-5-6/h1-5,7-9H,(H2,15,19)(H2,16,20)(H2,17,21)(H2,18,22). The topological polar surface area (TPSA) is 182 Å². The van der Waals surface area contributed by atoms with Crippen molar-refractivity contribution in [2.75, 3.05) is 0 Å². The molecule has 4 unspecified atom stereocenters. The van der Waals surface area contributed by atoms with E-state index in [1.807, 2.05) is 0 Å². The van der Waals surface area contributed by atoms with E-state index in [9.17, 15) is 19.2 Å². The van der Waals surface area contributed by atoms with Crippen LogP contribution in [0.25, 0.3) is 0 Å². The number of amides is 4. The average Bonchev–Trinajstić information content (AvgIpc) is 2.85. The molecule has 1 aromatic carbocycles. The highest BCUT2D eigenvalue weighted by atomic mass is 16.5. The summed E-state index contributed by atoms with van der Waals surface area (Å²) in [6, 6.07) is 7.70. The summed E-state index contributed by atoms with van der Waals surface area (Å²) in [4.78, 5) is 47.7. The molecule has 1 saturated heterocycles. The number of rotatable bonds is 5. The molecule has 9 heteroatoms. The number of nitrogens with two attached hydrogens (primary N) is 4. The van der Waals surface area contributed by atoms with Crippen molar-refractivity contribution in [3.05, 3.63) is 35.9 Å². The van der Waals surface area contributed by atoms with Gasteiger partial charge in [0, 0.05) is 0 Å². The van der Waals surface area contributed by atoms with Crippen molar-refractivity contribution < 1.29 is 23.9 Å². The highest BCUT2D eigenvalue weighted by molar-refractivity contribution is 6.03. The van der Waals surface area contributed by atoms with Crippen LogP contribution in [0.2, 0.25) is 0 Å². The molecule has 0 spiro atoms. The van der Waals surface area contributed by atoms with Gasteiger partial charge in [0.05, 0.1) is 5.92 Å². The summed E-state index contributed by atoms with van der Waals surface area (Å²) >= 11 is 0. The molecule has 23 heavy (non-hydrogen) atoms. The van der Waals surface area contributed by atoms with Crippen LogP contribution in [-0.2, 0) is 29.3 Å². The van der Waals surface area contributed by atoms with Gasteiger partial charge in [0.25, 0.3) is 0 Å². The first kappa shape index (κ1) is 16.4. The fourth-order valence-electron chi connectivity index (χ4n) is 3.10. The molecular formula is C14H16N4O5. The fourth-order valence-corrected chi connectivity index (χ4v) is 3.10. The Morgan fingerprint density at radius 2 is 1.43 bits per heavy atom. The maximum Gasteiger partial charge on any atom is 0.248 e. The van der Waals surface area contributed by atoms with Crippen molar-refractivity contribution in [2.24, 2.45) is 28.9 Å². The van der Waals surface area contributed by atoms with Crippen LogP contribution in [0.15, 0.2) is 30.3 Å². The average molecular weight is 320 g/mol. The van der Waals surface area contributed by atoms with Crippen LogP contribution >= 0.6 is 0 Å². The molecule has 0 bridgehead atoms. The van der Waals surface area contributed by atoms with E-state index < -0.39 is 47.2 Å². The van der Waals surface area contributed by atoms with E-state index in [0.29, 0.717) is 0 Å². The number of carbonyl (C=O) groups excluding carboxylic acids is 4. The van der Waals surface area contributed by atoms with E-state index in [1.54, 1.807) is 18.2 Å². The highest BCUT2D eigenvalue weighted by Crippen LogP contribution is 2.46. The highest BCUT2D eigenvalue weighted by Gasteiger charge is 2.66. The van der Waals surface area contributed by atoms with Crippen LogP contribution in [-0.4, -0.2) is 35.8 Å². The van der Waals surface area contributed by atoms with Crippen LogP contribution < -0.4 is 22.9 Å². The Balaban J connectivity index is 2.81. The van der Waals surface area contributed by atoms with Crippen LogP contribution in [0.4, 0.5) is 0 Å². The van der Waals surface area contributed by atoms with Crippen molar-refractivity contribution in [2.45, 2.75) is 17.6 Å². The third-order valence-electron chi connectivity index (χ3n) is 3.99. The van der Waals surface area contributed by atoms with E-state index in [0.717, 1.165) is 0 Å². The lowest BCUT2D eigenvalue weighted by atomic mass is 9.65.